The fourth-order valence-electron chi connectivity index (χ4n) is 1.70. The van der Waals surface area contributed by atoms with Crippen molar-refractivity contribution < 1.29 is 17.9 Å². The van der Waals surface area contributed by atoms with Crippen LogP contribution in [0.15, 0.2) is 42.9 Å². The van der Waals surface area contributed by atoms with E-state index in [1.54, 1.807) is 6.07 Å². The van der Waals surface area contributed by atoms with E-state index in [4.69, 9.17) is 5.84 Å². The molecule has 0 bridgehead atoms. The number of nitrogens with one attached hydrogen (secondary N) is 1. The second kappa shape index (κ2) is 5.85. The maximum atomic E-state index is 12.2. The summed E-state index contributed by atoms with van der Waals surface area (Å²) in [6.07, 6.45) is -0.311. The van der Waals surface area contributed by atoms with Crippen LogP contribution in [0.3, 0.4) is 0 Å². The van der Waals surface area contributed by atoms with Crippen LogP contribution in [0.4, 0.5) is 13.2 Å². The van der Waals surface area contributed by atoms with Gasteiger partial charge in [-0.25, -0.2) is 5.43 Å². The highest BCUT2D eigenvalue weighted by molar-refractivity contribution is 5.34. The zero-order valence-electron chi connectivity index (χ0n) is 10.1. The predicted octanol–water partition coefficient (Wildman–Crippen LogP) is 1.93. The lowest BCUT2D eigenvalue weighted by atomic mass is 10.0. The number of nitrogens with two attached hydrogens (primary N) is 1. The second-order valence-corrected chi connectivity index (χ2v) is 3.85. The van der Waals surface area contributed by atoms with Crippen molar-refractivity contribution in [2.24, 2.45) is 5.84 Å². The maximum absolute atomic E-state index is 12.2. The SMILES string of the molecule is NNC(c1cccc(OC(F)(F)F)c1)c1cnccn1. The van der Waals surface area contributed by atoms with Crippen LogP contribution in [0.2, 0.25) is 0 Å². The van der Waals surface area contributed by atoms with Gasteiger partial charge in [-0.05, 0) is 17.7 Å². The molecule has 20 heavy (non-hydrogen) atoms. The highest BCUT2D eigenvalue weighted by atomic mass is 19.4. The first-order chi connectivity index (χ1) is 9.49. The minimum absolute atomic E-state index is 0.320. The third-order valence-corrected chi connectivity index (χ3v) is 2.47. The molecule has 0 saturated heterocycles. The van der Waals surface area contributed by atoms with Crippen molar-refractivity contribution in [1.29, 1.82) is 0 Å². The van der Waals surface area contributed by atoms with E-state index in [1.807, 2.05) is 0 Å². The molecule has 0 aliphatic carbocycles. The molecule has 1 unspecified atom stereocenters. The highest BCUT2D eigenvalue weighted by Crippen LogP contribution is 2.27. The van der Waals surface area contributed by atoms with Crippen molar-refractivity contribution in [2.75, 3.05) is 0 Å². The topological polar surface area (TPSA) is 73.1 Å². The van der Waals surface area contributed by atoms with E-state index in [1.165, 1.54) is 36.8 Å². The van der Waals surface area contributed by atoms with Crippen molar-refractivity contribution in [2.45, 2.75) is 12.4 Å². The molecule has 1 atom stereocenters. The summed E-state index contributed by atoms with van der Waals surface area (Å²) in [7, 11) is 0. The van der Waals surface area contributed by atoms with Crippen LogP contribution >= 0.6 is 0 Å². The summed E-state index contributed by atoms with van der Waals surface area (Å²) in [5.41, 5.74) is 3.45. The van der Waals surface area contributed by atoms with E-state index >= 15 is 0 Å². The van der Waals surface area contributed by atoms with E-state index in [9.17, 15) is 13.2 Å². The summed E-state index contributed by atoms with van der Waals surface area (Å²) in [6.45, 7) is 0. The quantitative estimate of drug-likeness (QED) is 0.663. The van der Waals surface area contributed by atoms with E-state index in [0.29, 0.717) is 11.3 Å². The van der Waals surface area contributed by atoms with Gasteiger partial charge in [-0.3, -0.25) is 15.8 Å². The van der Waals surface area contributed by atoms with Crippen LogP contribution < -0.4 is 16.0 Å². The van der Waals surface area contributed by atoms with Crippen LogP contribution in [-0.4, -0.2) is 16.3 Å². The number of hydrazine groups is 1. The average Bonchev–Trinajstić information content (AvgIpc) is 2.39. The number of hydrogen-bond donors (Lipinski definition) is 2. The van der Waals surface area contributed by atoms with Crippen molar-refractivity contribution in [3.05, 3.63) is 54.1 Å². The third-order valence-electron chi connectivity index (χ3n) is 2.47. The Labute approximate surface area is 112 Å². The third kappa shape index (κ3) is 3.65. The molecule has 0 radical (unpaired) electrons. The molecule has 2 rings (SSSR count). The molecule has 1 heterocycles. The number of aromatic nitrogens is 2. The first kappa shape index (κ1) is 14.2. The van der Waals surface area contributed by atoms with Gasteiger partial charge in [0.1, 0.15) is 5.75 Å². The molecule has 0 saturated carbocycles. The van der Waals surface area contributed by atoms with Gasteiger partial charge in [0.05, 0.1) is 17.9 Å². The second-order valence-electron chi connectivity index (χ2n) is 3.85. The standard InChI is InChI=1S/C12H11F3N4O/c13-12(14,15)20-9-3-1-2-8(6-9)11(19-16)10-7-17-4-5-18-10/h1-7,11,19H,16H2. The predicted molar refractivity (Wildman–Crippen MR) is 64.3 cm³/mol. The Balaban J connectivity index is 2.29. The Hall–Kier alpha value is -2.19. The molecule has 8 heteroatoms. The van der Waals surface area contributed by atoms with Crippen LogP contribution in [-0.2, 0) is 0 Å². The first-order valence-electron chi connectivity index (χ1n) is 5.57. The zero-order valence-corrected chi connectivity index (χ0v) is 10.1. The summed E-state index contributed by atoms with van der Waals surface area (Å²) in [6, 6.07) is 4.92. The minimum atomic E-state index is -4.74. The molecule has 0 amide bonds. The molecular formula is C12H11F3N4O. The monoisotopic (exact) mass is 284 g/mol. The van der Waals surface area contributed by atoms with Crippen molar-refractivity contribution >= 4 is 0 Å². The lowest BCUT2D eigenvalue weighted by Crippen LogP contribution is -2.29. The smallest absolute Gasteiger partial charge is 0.406 e. The maximum Gasteiger partial charge on any atom is 0.573 e. The van der Waals surface area contributed by atoms with Crippen molar-refractivity contribution in [3.8, 4) is 5.75 Å². The summed E-state index contributed by atoms with van der Waals surface area (Å²) in [4.78, 5) is 7.95. The van der Waals surface area contributed by atoms with E-state index < -0.39 is 12.4 Å². The Morgan fingerprint density at radius 2 is 2.05 bits per heavy atom. The molecular weight excluding hydrogens is 273 g/mol. The molecule has 106 valence electrons. The van der Waals surface area contributed by atoms with Crippen LogP contribution in [0, 0.1) is 0 Å². The van der Waals surface area contributed by atoms with Gasteiger partial charge < -0.3 is 4.74 Å². The minimum Gasteiger partial charge on any atom is -0.406 e. The Bertz CT molecular complexity index is 562. The number of benzene rings is 1. The van der Waals surface area contributed by atoms with Crippen molar-refractivity contribution in [3.63, 3.8) is 0 Å². The number of nitrogens with zero attached hydrogens (tertiary/aromatic N) is 2. The van der Waals surface area contributed by atoms with E-state index in [2.05, 4.69) is 20.1 Å². The average molecular weight is 284 g/mol. The van der Waals surface area contributed by atoms with E-state index in [-0.39, 0.29) is 5.75 Å². The fourth-order valence-corrected chi connectivity index (χ4v) is 1.70. The summed E-state index contributed by atoms with van der Waals surface area (Å²) in [5.74, 6) is 5.11. The number of ether oxygens (including phenoxy) is 1. The van der Waals surface area contributed by atoms with Crippen LogP contribution in [0.1, 0.15) is 17.3 Å². The lowest BCUT2D eigenvalue weighted by Gasteiger charge is -2.16. The van der Waals surface area contributed by atoms with Crippen molar-refractivity contribution in [1.82, 2.24) is 15.4 Å². The number of halogens is 3. The Kier molecular flexibility index (Phi) is 4.16. The highest BCUT2D eigenvalue weighted by Gasteiger charge is 2.31. The van der Waals surface area contributed by atoms with Gasteiger partial charge in [-0.2, -0.15) is 0 Å². The Morgan fingerprint density at radius 1 is 1.25 bits per heavy atom. The molecule has 0 aliphatic heterocycles. The van der Waals surface area contributed by atoms with Gasteiger partial charge >= 0.3 is 6.36 Å². The van der Waals surface area contributed by atoms with Crippen LogP contribution in [0.25, 0.3) is 0 Å². The molecule has 1 aromatic carbocycles. The molecule has 0 spiro atoms. The van der Waals surface area contributed by atoms with Crippen LogP contribution in [0.5, 0.6) is 5.75 Å². The first-order valence-corrected chi connectivity index (χ1v) is 5.57. The molecule has 1 aromatic heterocycles. The molecule has 2 aromatic rings. The Morgan fingerprint density at radius 3 is 2.65 bits per heavy atom. The summed E-state index contributed by atoms with van der Waals surface area (Å²) < 4.78 is 40.5. The fraction of sp³-hybridized carbons (Fsp3) is 0.167. The zero-order chi connectivity index (χ0) is 14.6. The molecule has 0 fully saturated rings. The molecule has 0 aliphatic rings. The number of alkyl halides is 3. The van der Waals surface area contributed by atoms with Gasteiger partial charge in [0, 0.05) is 12.4 Å². The van der Waals surface area contributed by atoms with Gasteiger partial charge in [0.15, 0.2) is 0 Å². The number of hydrogen-bond acceptors (Lipinski definition) is 5. The van der Waals surface area contributed by atoms with Gasteiger partial charge in [-0.15, -0.1) is 13.2 Å². The normalized spacial score (nSPS) is 13.0. The molecule has 5 nitrogen and oxygen atoms in total. The largest absolute Gasteiger partial charge is 0.573 e. The summed E-state index contributed by atoms with van der Waals surface area (Å²) in [5, 5.41) is 0. The molecule has 3 N–H and O–H groups in total. The van der Waals surface area contributed by atoms with Gasteiger partial charge in [0.25, 0.3) is 0 Å². The van der Waals surface area contributed by atoms with E-state index in [0.717, 1.165) is 0 Å². The van der Waals surface area contributed by atoms with Gasteiger partial charge in [0.2, 0.25) is 0 Å². The number of rotatable bonds is 4. The summed E-state index contributed by atoms with van der Waals surface area (Å²) >= 11 is 0. The lowest BCUT2D eigenvalue weighted by molar-refractivity contribution is -0.274. The van der Waals surface area contributed by atoms with Gasteiger partial charge in [-0.1, -0.05) is 12.1 Å².